The van der Waals surface area contributed by atoms with Crippen molar-refractivity contribution >= 4 is 5.97 Å². The molecule has 0 fully saturated rings. The van der Waals surface area contributed by atoms with Gasteiger partial charge in [0.2, 0.25) is 0 Å². The van der Waals surface area contributed by atoms with Gasteiger partial charge in [-0.1, -0.05) is 6.07 Å². The van der Waals surface area contributed by atoms with Gasteiger partial charge in [-0.15, -0.1) is 0 Å². The van der Waals surface area contributed by atoms with E-state index in [1.807, 2.05) is 0 Å². The molecule has 0 bridgehead atoms. The molecule has 0 radical (unpaired) electrons. The van der Waals surface area contributed by atoms with Crippen LogP contribution in [0.2, 0.25) is 0 Å². The van der Waals surface area contributed by atoms with Crippen LogP contribution < -0.4 is 0 Å². The molecule has 0 spiro atoms. The highest BCUT2D eigenvalue weighted by Gasteiger charge is 2.32. The van der Waals surface area contributed by atoms with E-state index in [1.54, 1.807) is 31.0 Å². The second-order valence-corrected chi connectivity index (χ2v) is 4.98. The van der Waals surface area contributed by atoms with Crippen molar-refractivity contribution in [3.63, 3.8) is 0 Å². The molecular formula is C15H16F3N3O2. The van der Waals surface area contributed by atoms with Crippen LogP contribution >= 0.6 is 0 Å². The SMILES string of the molecule is CCOC(=O)C[C@@H](c1ccc(C(F)(F)F)nc1)c1cnn(C)c1. The fourth-order valence-electron chi connectivity index (χ4n) is 2.21. The van der Waals surface area contributed by atoms with E-state index in [2.05, 4.69) is 10.1 Å². The number of carbonyl (C=O) groups is 1. The molecule has 2 aromatic heterocycles. The second kappa shape index (κ2) is 6.80. The molecule has 0 N–H and O–H groups in total. The average Bonchev–Trinajstić information content (AvgIpc) is 2.91. The quantitative estimate of drug-likeness (QED) is 0.792. The Labute approximate surface area is 131 Å². The Morgan fingerprint density at radius 1 is 1.30 bits per heavy atom. The van der Waals surface area contributed by atoms with Gasteiger partial charge in [0.25, 0.3) is 0 Å². The molecule has 0 aromatic carbocycles. The van der Waals surface area contributed by atoms with E-state index in [0.717, 1.165) is 12.3 Å². The first-order valence-electron chi connectivity index (χ1n) is 6.98. The Kier molecular flexibility index (Phi) is 5.02. The summed E-state index contributed by atoms with van der Waals surface area (Å²) in [6.07, 6.45) is -0.0705. The van der Waals surface area contributed by atoms with Crippen LogP contribution in [-0.2, 0) is 22.8 Å². The monoisotopic (exact) mass is 327 g/mol. The number of halogens is 3. The Balaban J connectivity index is 2.31. The molecule has 2 rings (SSSR count). The first kappa shape index (κ1) is 17.0. The molecule has 0 saturated carbocycles. The van der Waals surface area contributed by atoms with E-state index in [1.165, 1.54) is 6.07 Å². The fraction of sp³-hybridized carbons (Fsp3) is 0.400. The van der Waals surface area contributed by atoms with Crippen molar-refractivity contribution in [1.82, 2.24) is 14.8 Å². The number of rotatable bonds is 5. The number of ether oxygens (including phenoxy) is 1. The molecule has 2 aromatic rings. The van der Waals surface area contributed by atoms with Crippen LogP contribution in [0.15, 0.2) is 30.7 Å². The van der Waals surface area contributed by atoms with Crippen molar-refractivity contribution in [3.05, 3.63) is 47.5 Å². The van der Waals surface area contributed by atoms with Crippen molar-refractivity contribution in [2.24, 2.45) is 7.05 Å². The van der Waals surface area contributed by atoms with Crippen molar-refractivity contribution in [3.8, 4) is 0 Å². The van der Waals surface area contributed by atoms with E-state index >= 15 is 0 Å². The molecule has 8 heteroatoms. The lowest BCUT2D eigenvalue weighted by atomic mass is 9.91. The largest absolute Gasteiger partial charge is 0.466 e. The van der Waals surface area contributed by atoms with Gasteiger partial charge < -0.3 is 4.74 Å². The van der Waals surface area contributed by atoms with Gasteiger partial charge in [0.15, 0.2) is 0 Å². The van der Waals surface area contributed by atoms with Gasteiger partial charge in [0.05, 0.1) is 19.2 Å². The number of nitrogens with zero attached hydrogens (tertiary/aromatic N) is 3. The molecule has 124 valence electrons. The standard InChI is InChI=1S/C15H16F3N3O2/c1-3-23-14(22)6-12(11-8-20-21(2)9-11)10-4-5-13(19-7-10)15(16,17)18/h4-5,7-9,12H,3,6H2,1-2H3/t12-/m0/s1. The summed E-state index contributed by atoms with van der Waals surface area (Å²) in [5.74, 6) is -0.890. The number of carbonyl (C=O) groups excluding carboxylic acids is 1. The van der Waals surface area contributed by atoms with Crippen LogP contribution in [0.5, 0.6) is 0 Å². The molecule has 23 heavy (non-hydrogen) atoms. The van der Waals surface area contributed by atoms with Crippen LogP contribution in [0.25, 0.3) is 0 Å². The average molecular weight is 327 g/mol. The molecule has 5 nitrogen and oxygen atoms in total. The van der Waals surface area contributed by atoms with Crippen LogP contribution in [0.4, 0.5) is 13.2 Å². The molecule has 0 amide bonds. The number of alkyl halides is 3. The van der Waals surface area contributed by atoms with Crippen molar-refractivity contribution in [1.29, 1.82) is 0 Å². The first-order chi connectivity index (χ1) is 10.8. The molecule has 1 atom stereocenters. The fourth-order valence-corrected chi connectivity index (χ4v) is 2.21. The third-order valence-corrected chi connectivity index (χ3v) is 3.28. The summed E-state index contributed by atoms with van der Waals surface area (Å²) in [4.78, 5) is 15.2. The zero-order valence-corrected chi connectivity index (χ0v) is 12.7. The predicted molar refractivity (Wildman–Crippen MR) is 75.5 cm³/mol. The third kappa shape index (κ3) is 4.30. The lowest BCUT2D eigenvalue weighted by molar-refractivity contribution is -0.143. The molecule has 0 aliphatic rings. The first-order valence-corrected chi connectivity index (χ1v) is 6.98. The third-order valence-electron chi connectivity index (χ3n) is 3.28. The van der Waals surface area contributed by atoms with Gasteiger partial charge in [0.1, 0.15) is 5.69 Å². The topological polar surface area (TPSA) is 57.0 Å². The number of aryl methyl sites for hydroxylation is 1. The minimum Gasteiger partial charge on any atom is -0.466 e. The maximum atomic E-state index is 12.6. The Morgan fingerprint density at radius 3 is 2.52 bits per heavy atom. The van der Waals surface area contributed by atoms with Crippen LogP contribution in [0.1, 0.15) is 36.1 Å². The van der Waals surface area contributed by atoms with E-state index in [0.29, 0.717) is 11.1 Å². The molecule has 0 aliphatic heterocycles. The number of aromatic nitrogens is 3. The van der Waals surface area contributed by atoms with Gasteiger partial charge in [-0.05, 0) is 24.1 Å². The van der Waals surface area contributed by atoms with Crippen LogP contribution in [0, 0.1) is 0 Å². The lowest BCUT2D eigenvalue weighted by Gasteiger charge is -2.15. The highest BCUT2D eigenvalue weighted by molar-refractivity contribution is 5.71. The molecule has 0 aliphatic carbocycles. The number of esters is 1. The summed E-state index contributed by atoms with van der Waals surface area (Å²) in [6, 6.07) is 2.23. The number of hydrogen-bond acceptors (Lipinski definition) is 4. The summed E-state index contributed by atoms with van der Waals surface area (Å²) >= 11 is 0. The highest BCUT2D eigenvalue weighted by atomic mass is 19.4. The summed E-state index contributed by atoms with van der Waals surface area (Å²) < 4.78 is 44.3. The van der Waals surface area contributed by atoms with Crippen LogP contribution in [-0.4, -0.2) is 27.3 Å². The minimum absolute atomic E-state index is 0.00653. The molecule has 2 heterocycles. The summed E-state index contributed by atoms with van der Waals surface area (Å²) in [7, 11) is 1.72. The summed E-state index contributed by atoms with van der Waals surface area (Å²) in [6.45, 7) is 1.93. The van der Waals surface area contributed by atoms with E-state index in [9.17, 15) is 18.0 Å². The number of hydrogen-bond donors (Lipinski definition) is 0. The molecule has 0 unspecified atom stereocenters. The van der Waals surface area contributed by atoms with Gasteiger partial charge >= 0.3 is 12.1 Å². The van der Waals surface area contributed by atoms with Crippen molar-refractivity contribution < 1.29 is 22.7 Å². The zero-order chi connectivity index (χ0) is 17.0. The summed E-state index contributed by atoms with van der Waals surface area (Å²) in [5, 5.41) is 4.04. The Morgan fingerprint density at radius 2 is 2.04 bits per heavy atom. The lowest BCUT2D eigenvalue weighted by Crippen LogP contribution is -2.13. The molecule has 0 saturated heterocycles. The Bertz CT molecular complexity index is 665. The van der Waals surface area contributed by atoms with Gasteiger partial charge in [0, 0.05) is 25.4 Å². The molecular weight excluding hydrogens is 311 g/mol. The van der Waals surface area contributed by atoms with Gasteiger partial charge in [-0.2, -0.15) is 18.3 Å². The predicted octanol–water partition coefficient (Wildman–Crippen LogP) is 2.92. The van der Waals surface area contributed by atoms with E-state index in [4.69, 9.17) is 4.74 Å². The van der Waals surface area contributed by atoms with Gasteiger partial charge in [-0.25, -0.2) is 0 Å². The smallest absolute Gasteiger partial charge is 0.433 e. The van der Waals surface area contributed by atoms with E-state index < -0.39 is 23.8 Å². The van der Waals surface area contributed by atoms with Gasteiger partial charge in [-0.3, -0.25) is 14.5 Å². The Hall–Kier alpha value is -2.38. The minimum atomic E-state index is -4.50. The number of pyridine rings is 1. The van der Waals surface area contributed by atoms with Crippen molar-refractivity contribution in [2.75, 3.05) is 6.61 Å². The van der Waals surface area contributed by atoms with E-state index in [-0.39, 0.29) is 13.0 Å². The second-order valence-electron chi connectivity index (χ2n) is 4.98. The van der Waals surface area contributed by atoms with Crippen molar-refractivity contribution in [2.45, 2.75) is 25.4 Å². The zero-order valence-electron chi connectivity index (χ0n) is 12.7. The maximum absolute atomic E-state index is 12.6. The highest BCUT2D eigenvalue weighted by Crippen LogP contribution is 2.31. The maximum Gasteiger partial charge on any atom is 0.433 e. The van der Waals surface area contributed by atoms with Crippen LogP contribution in [0.3, 0.4) is 0 Å². The normalized spacial score (nSPS) is 12.9. The summed E-state index contributed by atoms with van der Waals surface area (Å²) in [5.41, 5.74) is 0.239.